The number of thioether (sulfide) groups is 1. The maximum absolute atomic E-state index is 8.57. The maximum atomic E-state index is 8.57. The van der Waals surface area contributed by atoms with E-state index in [0.29, 0.717) is 5.82 Å². The van der Waals surface area contributed by atoms with Crippen molar-refractivity contribution in [2.75, 3.05) is 6.26 Å². The van der Waals surface area contributed by atoms with Crippen LogP contribution in [-0.4, -0.2) is 21.3 Å². The summed E-state index contributed by atoms with van der Waals surface area (Å²) in [6.07, 6.45) is 5.35. The average Bonchev–Trinajstić information content (AvgIpc) is 2.05. The molecular weight excluding hydrogens is 148 g/mol. The molecule has 0 saturated heterocycles. The standard InChI is InChI=1S/C6H8N2OS/c1-10-5-2-7-6(4-9)8-3-5/h2-3,9H,4H2,1H3. The van der Waals surface area contributed by atoms with Gasteiger partial charge in [0.05, 0.1) is 0 Å². The van der Waals surface area contributed by atoms with Crippen molar-refractivity contribution in [2.24, 2.45) is 0 Å². The first-order valence-electron chi connectivity index (χ1n) is 2.82. The molecule has 54 valence electrons. The average molecular weight is 156 g/mol. The molecule has 3 nitrogen and oxygen atoms in total. The molecule has 0 bridgehead atoms. The summed E-state index contributed by atoms with van der Waals surface area (Å²) in [6, 6.07) is 0. The Balaban J connectivity index is 2.80. The van der Waals surface area contributed by atoms with E-state index in [9.17, 15) is 0 Å². The van der Waals surface area contributed by atoms with Crippen molar-refractivity contribution in [3.05, 3.63) is 18.2 Å². The van der Waals surface area contributed by atoms with Gasteiger partial charge in [-0.3, -0.25) is 0 Å². The van der Waals surface area contributed by atoms with Crippen LogP contribution in [0.3, 0.4) is 0 Å². The number of rotatable bonds is 2. The molecule has 0 saturated carbocycles. The van der Waals surface area contributed by atoms with Gasteiger partial charge in [-0.25, -0.2) is 9.97 Å². The number of nitrogens with zero attached hydrogens (tertiary/aromatic N) is 2. The minimum absolute atomic E-state index is 0.0886. The third-order valence-electron chi connectivity index (χ3n) is 1.06. The molecule has 0 aliphatic carbocycles. The lowest BCUT2D eigenvalue weighted by Crippen LogP contribution is -1.92. The summed E-state index contributed by atoms with van der Waals surface area (Å²) in [7, 11) is 0. The first-order chi connectivity index (χ1) is 4.86. The normalized spacial score (nSPS) is 9.80. The predicted octanol–water partition coefficient (Wildman–Crippen LogP) is 0.691. The van der Waals surface area contributed by atoms with Gasteiger partial charge in [-0.15, -0.1) is 11.8 Å². The van der Waals surface area contributed by atoms with Crippen LogP contribution in [0.4, 0.5) is 0 Å². The van der Waals surface area contributed by atoms with Crippen LogP contribution in [0.25, 0.3) is 0 Å². The Kier molecular flexibility index (Phi) is 2.65. The quantitative estimate of drug-likeness (QED) is 0.640. The Bertz CT molecular complexity index is 176. The van der Waals surface area contributed by atoms with Crippen LogP contribution in [-0.2, 0) is 6.61 Å². The van der Waals surface area contributed by atoms with Gasteiger partial charge in [0.2, 0.25) is 0 Å². The zero-order valence-electron chi connectivity index (χ0n) is 5.61. The fraction of sp³-hybridized carbons (Fsp3) is 0.333. The Morgan fingerprint density at radius 3 is 2.50 bits per heavy atom. The second-order valence-electron chi connectivity index (χ2n) is 1.70. The molecule has 4 heteroatoms. The fourth-order valence-electron chi connectivity index (χ4n) is 0.530. The third-order valence-corrected chi connectivity index (χ3v) is 1.74. The summed E-state index contributed by atoms with van der Waals surface area (Å²) in [5, 5.41) is 8.57. The van der Waals surface area contributed by atoms with Gasteiger partial charge in [0.25, 0.3) is 0 Å². The van der Waals surface area contributed by atoms with Crippen LogP contribution in [0.1, 0.15) is 5.82 Å². The van der Waals surface area contributed by atoms with Crippen molar-refractivity contribution < 1.29 is 5.11 Å². The molecule has 1 aromatic heterocycles. The van der Waals surface area contributed by atoms with Crippen LogP contribution in [0.5, 0.6) is 0 Å². The molecule has 0 fully saturated rings. The number of aromatic nitrogens is 2. The zero-order chi connectivity index (χ0) is 7.40. The molecule has 1 heterocycles. The van der Waals surface area contributed by atoms with Gasteiger partial charge < -0.3 is 5.11 Å². The Morgan fingerprint density at radius 1 is 1.50 bits per heavy atom. The third kappa shape index (κ3) is 1.68. The van der Waals surface area contributed by atoms with Gasteiger partial charge in [-0.05, 0) is 6.26 Å². The Morgan fingerprint density at radius 2 is 2.10 bits per heavy atom. The van der Waals surface area contributed by atoms with Gasteiger partial charge in [0.1, 0.15) is 6.61 Å². The zero-order valence-corrected chi connectivity index (χ0v) is 6.43. The molecule has 0 radical (unpaired) electrons. The highest BCUT2D eigenvalue weighted by molar-refractivity contribution is 7.98. The maximum Gasteiger partial charge on any atom is 0.153 e. The van der Waals surface area contributed by atoms with Crippen LogP contribution in [0.15, 0.2) is 17.3 Å². The van der Waals surface area contributed by atoms with Crippen LogP contribution < -0.4 is 0 Å². The van der Waals surface area contributed by atoms with E-state index in [4.69, 9.17) is 5.11 Å². The lowest BCUT2D eigenvalue weighted by Gasteiger charge is -1.94. The van der Waals surface area contributed by atoms with Crippen LogP contribution >= 0.6 is 11.8 Å². The van der Waals surface area contributed by atoms with Gasteiger partial charge in [0.15, 0.2) is 5.82 Å². The van der Waals surface area contributed by atoms with Crippen LogP contribution in [0.2, 0.25) is 0 Å². The first-order valence-corrected chi connectivity index (χ1v) is 4.05. The van der Waals surface area contributed by atoms with Crippen molar-refractivity contribution in [1.29, 1.82) is 0 Å². The number of aliphatic hydroxyl groups is 1. The van der Waals surface area contributed by atoms with E-state index >= 15 is 0 Å². The summed E-state index contributed by atoms with van der Waals surface area (Å²) in [6.45, 7) is -0.0886. The van der Waals surface area contributed by atoms with E-state index in [1.54, 1.807) is 24.2 Å². The highest BCUT2D eigenvalue weighted by atomic mass is 32.2. The van der Waals surface area contributed by atoms with Crippen molar-refractivity contribution >= 4 is 11.8 Å². The lowest BCUT2D eigenvalue weighted by atomic mass is 10.6. The van der Waals surface area contributed by atoms with Crippen molar-refractivity contribution in [3.63, 3.8) is 0 Å². The largest absolute Gasteiger partial charge is 0.388 e. The number of hydrogen-bond acceptors (Lipinski definition) is 4. The molecule has 0 aliphatic rings. The molecule has 0 unspecified atom stereocenters. The molecule has 0 amide bonds. The van der Waals surface area contributed by atoms with E-state index in [2.05, 4.69) is 9.97 Å². The number of aliphatic hydroxyl groups excluding tert-OH is 1. The van der Waals surface area contributed by atoms with E-state index in [-0.39, 0.29) is 6.61 Å². The minimum Gasteiger partial charge on any atom is -0.388 e. The second kappa shape index (κ2) is 3.53. The predicted molar refractivity (Wildman–Crippen MR) is 39.7 cm³/mol. The van der Waals surface area contributed by atoms with E-state index in [1.807, 2.05) is 6.26 Å². The van der Waals surface area contributed by atoms with Crippen molar-refractivity contribution in [1.82, 2.24) is 9.97 Å². The summed E-state index contributed by atoms with van der Waals surface area (Å²) in [5.74, 6) is 0.470. The highest BCUT2D eigenvalue weighted by Crippen LogP contribution is 2.09. The summed E-state index contributed by atoms with van der Waals surface area (Å²) >= 11 is 1.58. The fourth-order valence-corrected chi connectivity index (χ4v) is 0.846. The minimum atomic E-state index is -0.0886. The van der Waals surface area contributed by atoms with Crippen molar-refractivity contribution in [3.8, 4) is 0 Å². The molecule has 0 spiro atoms. The molecule has 0 atom stereocenters. The molecule has 1 aromatic rings. The van der Waals surface area contributed by atoms with E-state index in [1.165, 1.54) is 0 Å². The molecule has 0 aliphatic heterocycles. The summed E-state index contributed by atoms with van der Waals surface area (Å²) in [4.78, 5) is 8.78. The second-order valence-corrected chi connectivity index (χ2v) is 2.58. The topological polar surface area (TPSA) is 46.0 Å². The van der Waals surface area contributed by atoms with Gasteiger partial charge in [-0.2, -0.15) is 0 Å². The number of hydrogen-bond donors (Lipinski definition) is 1. The molecular formula is C6H8N2OS. The Labute approximate surface area is 63.5 Å². The van der Waals surface area contributed by atoms with Gasteiger partial charge in [0, 0.05) is 17.3 Å². The van der Waals surface area contributed by atoms with E-state index in [0.717, 1.165) is 4.90 Å². The molecule has 1 N–H and O–H groups in total. The summed E-state index contributed by atoms with van der Waals surface area (Å²) in [5.41, 5.74) is 0. The lowest BCUT2D eigenvalue weighted by molar-refractivity contribution is 0.271. The van der Waals surface area contributed by atoms with E-state index < -0.39 is 0 Å². The Hall–Kier alpha value is -0.610. The first kappa shape index (κ1) is 7.50. The van der Waals surface area contributed by atoms with Crippen LogP contribution in [0, 0.1) is 0 Å². The summed E-state index contributed by atoms with van der Waals surface area (Å²) < 4.78 is 0. The molecule has 10 heavy (non-hydrogen) atoms. The molecule has 1 rings (SSSR count). The molecule has 0 aromatic carbocycles. The van der Waals surface area contributed by atoms with Gasteiger partial charge >= 0.3 is 0 Å². The van der Waals surface area contributed by atoms with Gasteiger partial charge in [-0.1, -0.05) is 0 Å². The highest BCUT2D eigenvalue weighted by Gasteiger charge is 1.92. The van der Waals surface area contributed by atoms with Crippen molar-refractivity contribution in [2.45, 2.75) is 11.5 Å². The monoisotopic (exact) mass is 156 g/mol. The SMILES string of the molecule is CSc1cnc(CO)nc1. The smallest absolute Gasteiger partial charge is 0.153 e.